The van der Waals surface area contributed by atoms with Gasteiger partial charge in [-0.15, -0.1) is 54.6 Å². The Labute approximate surface area is 497 Å². The number of fused-ring (bicyclic) bond motifs is 6. The van der Waals surface area contributed by atoms with Gasteiger partial charge in [0.2, 0.25) is 0 Å². The second-order valence-electron chi connectivity index (χ2n) is 19.6. The van der Waals surface area contributed by atoms with E-state index in [9.17, 15) is 0 Å². The Morgan fingerprint density at radius 3 is 0.886 bits per heavy atom. The van der Waals surface area contributed by atoms with Gasteiger partial charge < -0.3 is 4.42 Å². The van der Waals surface area contributed by atoms with Crippen LogP contribution >= 0.6 is 0 Å². The van der Waals surface area contributed by atoms with Gasteiger partial charge in [0.1, 0.15) is 231 Å². The fourth-order valence-corrected chi connectivity index (χ4v) is 11.4. The van der Waals surface area contributed by atoms with Crippen LogP contribution in [-0.4, -0.2) is 220 Å². The minimum atomic E-state index is -0.213. The lowest BCUT2D eigenvalue weighted by molar-refractivity contribution is 0.675. The van der Waals surface area contributed by atoms with Gasteiger partial charge in [-0.05, 0) is 102 Å². The van der Waals surface area contributed by atoms with E-state index in [4.69, 9.17) is 224 Å². The summed E-state index contributed by atoms with van der Waals surface area (Å²) < 4.78 is 6.50. The molecule has 0 aliphatic carbocycles. The maximum absolute atomic E-state index is 7.58. The van der Waals surface area contributed by atoms with Gasteiger partial charge in [0.05, 0.1) is 0 Å². The highest BCUT2D eigenvalue weighted by Gasteiger charge is 2.33. The first-order valence-corrected chi connectivity index (χ1v) is 23.5. The van der Waals surface area contributed by atoms with E-state index in [1.165, 1.54) is 0 Å². The molecule has 0 fully saturated rings. The number of aryl methyl sites for hydroxylation is 1. The zero-order valence-corrected chi connectivity index (χ0v) is 42.6. The van der Waals surface area contributed by atoms with Crippen LogP contribution in [0.3, 0.4) is 0 Å². The van der Waals surface area contributed by atoms with Crippen molar-refractivity contribution in [3.05, 3.63) is 11.1 Å². The Bertz CT molecular complexity index is 4570. The first kappa shape index (κ1) is 57.6. The van der Waals surface area contributed by atoms with Crippen molar-refractivity contribution >= 4 is 427 Å². The molecule has 10 rings (SSSR count). The molecular formula is C50H6B28O. The van der Waals surface area contributed by atoms with Crippen LogP contribution in [0.25, 0.3) is 98.8 Å². The van der Waals surface area contributed by atoms with E-state index in [0.717, 1.165) is 0 Å². The van der Waals surface area contributed by atoms with Gasteiger partial charge in [-0.1, -0.05) is 98.3 Å². The van der Waals surface area contributed by atoms with E-state index >= 15 is 0 Å². The van der Waals surface area contributed by atoms with Crippen molar-refractivity contribution < 1.29 is 4.42 Å². The van der Waals surface area contributed by atoms with Crippen LogP contribution in [0.5, 0.6) is 0 Å². The van der Waals surface area contributed by atoms with Crippen LogP contribution in [0.15, 0.2) is 4.42 Å². The smallest absolute Gasteiger partial charge is 0.128 e. The molecule has 1 aromatic heterocycles. The van der Waals surface area contributed by atoms with E-state index < -0.39 is 0 Å². The minimum Gasteiger partial charge on any atom is -0.457 e. The number of benzene rings is 9. The molecule has 0 atom stereocenters. The molecule has 29 heteroatoms. The molecule has 0 spiro atoms. The van der Waals surface area contributed by atoms with Gasteiger partial charge in [-0.25, -0.2) is 0 Å². The lowest BCUT2D eigenvalue weighted by Crippen LogP contribution is -2.57. The zero-order chi connectivity index (χ0) is 58.4. The summed E-state index contributed by atoms with van der Waals surface area (Å²) in [5, 5.41) is 0.818. The van der Waals surface area contributed by atoms with E-state index in [-0.39, 0.29) is 257 Å². The number of hydrogen-bond acceptors (Lipinski definition) is 1. The molecule has 0 aliphatic heterocycles. The highest BCUT2D eigenvalue weighted by atomic mass is 16.3. The second kappa shape index (κ2) is 19.5. The summed E-state index contributed by atoms with van der Waals surface area (Å²) in [4.78, 5) is 0. The molecule has 296 valence electrons. The van der Waals surface area contributed by atoms with Crippen molar-refractivity contribution in [2.75, 3.05) is 0 Å². The zero-order valence-electron chi connectivity index (χ0n) is 42.6. The summed E-state index contributed by atoms with van der Waals surface area (Å²) in [6, 6.07) is 0. The Balaban J connectivity index is 1.60. The minimum absolute atomic E-state index is 0.00309. The molecule has 0 saturated heterocycles. The predicted octanol–water partition coefficient (Wildman–Crippen LogP) is -19.4. The van der Waals surface area contributed by atoms with E-state index in [1.54, 1.807) is 13.8 Å². The largest absolute Gasteiger partial charge is 0.457 e. The van der Waals surface area contributed by atoms with Crippen molar-refractivity contribution in [1.29, 1.82) is 0 Å². The maximum Gasteiger partial charge on any atom is 0.128 e. The van der Waals surface area contributed by atoms with Crippen molar-refractivity contribution in [2.45, 2.75) is 13.8 Å². The molecule has 0 N–H and O–H groups in total. The highest BCUT2D eigenvalue weighted by Crippen LogP contribution is 2.47. The molecule has 10 aromatic rings. The normalized spacial score (nSPS) is 11.8. The molecule has 0 unspecified atom stereocenters. The summed E-state index contributed by atoms with van der Waals surface area (Å²) in [5.41, 5.74) is -2.74. The average Bonchev–Trinajstić information content (AvgIpc) is 3.40. The summed E-state index contributed by atoms with van der Waals surface area (Å²) in [6.07, 6.45) is 0. The van der Waals surface area contributed by atoms with Gasteiger partial charge in [0.25, 0.3) is 0 Å². The molecule has 56 radical (unpaired) electrons. The third kappa shape index (κ3) is 7.49. The lowest BCUT2D eigenvalue weighted by atomic mass is 9.55. The van der Waals surface area contributed by atoms with Crippen LogP contribution in [-0.2, 0) is 0 Å². The second-order valence-corrected chi connectivity index (χ2v) is 19.6. The Morgan fingerprint density at radius 2 is 0.405 bits per heavy atom. The Kier molecular flexibility index (Phi) is 14.2. The van der Waals surface area contributed by atoms with Gasteiger partial charge in [-0.3, -0.25) is 0 Å². The van der Waals surface area contributed by atoms with Crippen LogP contribution in [0.2, 0.25) is 0 Å². The molecule has 0 bridgehead atoms. The summed E-state index contributed by atoms with van der Waals surface area (Å²) in [7, 11) is 192. The van der Waals surface area contributed by atoms with Crippen molar-refractivity contribution in [3.63, 3.8) is 0 Å². The van der Waals surface area contributed by atoms with Crippen LogP contribution in [0.1, 0.15) is 11.1 Å². The fraction of sp³-hybridized carbons (Fsp3) is 0.0400. The third-order valence-corrected chi connectivity index (χ3v) is 15.7. The van der Waals surface area contributed by atoms with Crippen LogP contribution in [0.4, 0.5) is 0 Å². The van der Waals surface area contributed by atoms with E-state index in [1.807, 2.05) is 0 Å². The van der Waals surface area contributed by atoms with Crippen molar-refractivity contribution in [1.82, 2.24) is 0 Å². The maximum atomic E-state index is 7.58. The number of rotatable bonds is 4. The Hall–Kier alpha value is -4.62. The molecule has 9 aromatic carbocycles. The molecule has 0 aliphatic rings. The third-order valence-electron chi connectivity index (χ3n) is 15.7. The van der Waals surface area contributed by atoms with E-state index in [2.05, 4.69) is 0 Å². The lowest BCUT2D eigenvalue weighted by Gasteiger charge is -2.33. The number of furan rings is 1. The Morgan fingerprint density at radius 1 is 0.152 bits per heavy atom. The SMILES string of the molecule is [B]c1c([B])c([B])c(-c2c([B])c([B])c([B])c(-c3c([B])c([B])c4c(-c5c([B])c([B])c6c([B])c([B])c([B])c([B])c6c5[B])c5c([B])c([B])c([B])c([B])c5c(-c5c(C)c([B])c([B])c6oc7c([B])c([B])c([B])c([B])c7c56)c4c3C)c2[B])c([B])c1[B]. The van der Waals surface area contributed by atoms with Crippen LogP contribution < -0.4 is 153 Å². The first-order valence-electron chi connectivity index (χ1n) is 23.5. The molecular weight excluding hydrogens is 919 g/mol. The highest BCUT2D eigenvalue weighted by molar-refractivity contribution is 6.76. The molecule has 1 heterocycles. The predicted molar refractivity (Wildman–Crippen MR) is 368 cm³/mol. The van der Waals surface area contributed by atoms with Gasteiger partial charge >= 0.3 is 0 Å². The molecule has 0 amide bonds. The summed E-state index contributed by atoms with van der Waals surface area (Å²) in [5.74, 6) is 0. The standard InChI is InChI=1S/C50H6B28O/c1-3-5-8(6-4(2)21(51)47(77)49-13(6)20-36(66)44(74)46(76)48(78)50(20)79-49)11-12(27(57)39(69)38(68)26(11)56)9(15-23(53)16-18(29(59)28(15)58)33(63)41(71)40(70)32(16)62)10(5)25(55)24(54)7(3)14-22(52)17(31(61)37(67)30(14)60)19-34(64)42(72)45(75)43(73)35(19)65/h1-2H3. The van der Waals surface area contributed by atoms with E-state index in [0.29, 0.717) is 5.56 Å². The molecule has 1 nitrogen and oxygen atoms in total. The van der Waals surface area contributed by atoms with Gasteiger partial charge in [0.15, 0.2) is 0 Å². The number of hydrogen-bond donors (Lipinski definition) is 0. The van der Waals surface area contributed by atoms with Crippen molar-refractivity contribution in [3.8, 4) is 44.5 Å². The molecule has 0 saturated carbocycles. The quantitative estimate of drug-likeness (QED) is 0.127. The molecule has 79 heavy (non-hydrogen) atoms. The van der Waals surface area contributed by atoms with Gasteiger partial charge in [-0.2, -0.15) is 0 Å². The van der Waals surface area contributed by atoms with Gasteiger partial charge in [0, 0.05) is 10.8 Å². The van der Waals surface area contributed by atoms with Crippen LogP contribution in [0, 0.1) is 13.8 Å². The summed E-state index contributed by atoms with van der Waals surface area (Å²) >= 11 is 0. The topological polar surface area (TPSA) is 13.1 Å². The summed E-state index contributed by atoms with van der Waals surface area (Å²) in [6.45, 7) is 3.34. The van der Waals surface area contributed by atoms with Crippen molar-refractivity contribution in [2.24, 2.45) is 0 Å². The monoisotopic (exact) mass is 930 g/mol. The fourth-order valence-electron chi connectivity index (χ4n) is 11.4. The first-order chi connectivity index (χ1) is 36.8. The average molecular weight is 925 g/mol.